The first kappa shape index (κ1) is 15.2. The molecule has 3 aromatic heterocycles. The summed E-state index contributed by atoms with van der Waals surface area (Å²) in [5.74, 6) is 0. The molecule has 0 aliphatic rings. The zero-order valence-corrected chi connectivity index (χ0v) is 15.0. The van der Waals surface area contributed by atoms with Crippen LogP contribution in [0.4, 0.5) is 0 Å². The zero-order valence-electron chi connectivity index (χ0n) is 15.0. The van der Waals surface area contributed by atoms with Crippen LogP contribution in [-0.2, 0) is 0 Å². The van der Waals surface area contributed by atoms with Gasteiger partial charge in [0.2, 0.25) is 0 Å². The van der Waals surface area contributed by atoms with Crippen LogP contribution in [0, 0.1) is 0 Å². The van der Waals surface area contributed by atoms with E-state index in [2.05, 4.69) is 71.7 Å². The molecule has 0 amide bonds. The average molecular weight is 357 g/mol. The van der Waals surface area contributed by atoms with Gasteiger partial charge in [0.15, 0.2) is 0 Å². The molecule has 0 aliphatic carbocycles. The van der Waals surface area contributed by atoms with E-state index in [1.54, 1.807) is 0 Å². The Morgan fingerprint density at radius 1 is 0.429 bits per heavy atom. The summed E-state index contributed by atoms with van der Waals surface area (Å²) in [6, 6.07) is 29.1. The summed E-state index contributed by atoms with van der Waals surface area (Å²) in [5, 5.41) is 5.67. The molecule has 6 aromatic rings. The van der Waals surface area contributed by atoms with Crippen LogP contribution in [0.5, 0.6) is 0 Å². The van der Waals surface area contributed by atoms with Crippen molar-refractivity contribution >= 4 is 43.5 Å². The van der Waals surface area contributed by atoms with Crippen molar-refractivity contribution in [1.29, 1.82) is 0 Å². The van der Waals surface area contributed by atoms with Gasteiger partial charge in [0.05, 0.1) is 27.9 Å². The number of hydrogen-bond acceptors (Lipinski definition) is 3. The molecule has 0 unspecified atom stereocenters. The molecule has 0 bridgehead atoms. The number of fused-ring (bicyclic) bond motifs is 6. The van der Waals surface area contributed by atoms with Crippen LogP contribution in [-0.4, -0.2) is 15.0 Å². The van der Waals surface area contributed by atoms with Gasteiger partial charge in [-0.05, 0) is 23.6 Å². The molecule has 0 N–H and O–H groups in total. The molecule has 6 rings (SSSR count). The first-order valence-electron chi connectivity index (χ1n) is 9.30. The van der Waals surface area contributed by atoms with Crippen LogP contribution < -0.4 is 0 Å². The Bertz CT molecular complexity index is 1400. The summed E-state index contributed by atoms with van der Waals surface area (Å²) in [6.45, 7) is 0. The highest BCUT2D eigenvalue weighted by atomic mass is 14.8. The van der Waals surface area contributed by atoms with Crippen molar-refractivity contribution in [2.45, 2.75) is 0 Å². The van der Waals surface area contributed by atoms with Gasteiger partial charge in [-0.1, -0.05) is 66.7 Å². The topological polar surface area (TPSA) is 38.7 Å². The van der Waals surface area contributed by atoms with Crippen LogP contribution in [0.25, 0.3) is 54.9 Å². The maximum atomic E-state index is 4.98. The van der Waals surface area contributed by atoms with Gasteiger partial charge in [0, 0.05) is 27.7 Å². The number of nitrogens with zero attached hydrogens (tertiary/aromatic N) is 3. The number of pyridine rings is 3. The quantitative estimate of drug-likeness (QED) is 0.331. The predicted molar refractivity (Wildman–Crippen MR) is 115 cm³/mol. The fraction of sp³-hybridized carbons (Fsp3) is 0. The van der Waals surface area contributed by atoms with Crippen molar-refractivity contribution in [2.75, 3.05) is 0 Å². The highest BCUT2D eigenvalue weighted by molar-refractivity contribution is 6.06. The molecule has 3 heteroatoms. The molecule has 3 heterocycles. The Labute approximate surface area is 161 Å². The van der Waals surface area contributed by atoms with Gasteiger partial charge in [-0.3, -0.25) is 4.98 Å². The van der Waals surface area contributed by atoms with E-state index in [0.717, 1.165) is 49.5 Å². The average Bonchev–Trinajstić information content (AvgIpc) is 2.78. The van der Waals surface area contributed by atoms with Crippen molar-refractivity contribution in [2.24, 2.45) is 0 Å². The summed E-state index contributed by atoms with van der Waals surface area (Å²) < 4.78 is 0. The van der Waals surface area contributed by atoms with Gasteiger partial charge >= 0.3 is 0 Å². The Kier molecular flexibility index (Phi) is 3.17. The monoisotopic (exact) mass is 357 g/mol. The summed E-state index contributed by atoms with van der Waals surface area (Å²) in [7, 11) is 0. The number of hydrogen-bond donors (Lipinski definition) is 0. The maximum Gasteiger partial charge on any atom is 0.0972 e. The summed E-state index contributed by atoms with van der Waals surface area (Å²) >= 11 is 0. The Morgan fingerprint density at radius 2 is 1.00 bits per heavy atom. The molecule has 0 aliphatic heterocycles. The third-order valence-corrected chi connectivity index (χ3v) is 5.28. The van der Waals surface area contributed by atoms with Crippen molar-refractivity contribution < 1.29 is 0 Å². The first-order valence-corrected chi connectivity index (χ1v) is 9.30. The van der Waals surface area contributed by atoms with E-state index >= 15 is 0 Å². The second kappa shape index (κ2) is 5.83. The van der Waals surface area contributed by atoms with Crippen LogP contribution in [0.1, 0.15) is 0 Å². The fourth-order valence-electron chi connectivity index (χ4n) is 3.87. The van der Waals surface area contributed by atoms with E-state index in [0.29, 0.717) is 0 Å². The fourth-order valence-corrected chi connectivity index (χ4v) is 3.87. The van der Waals surface area contributed by atoms with Crippen LogP contribution in [0.15, 0.2) is 91.1 Å². The zero-order chi connectivity index (χ0) is 18.5. The molecule has 0 radical (unpaired) electrons. The largest absolute Gasteiger partial charge is 0.254 e. The molecule has 28 heavy (non-hydrogen) atoms. The molecule has 130 valence electrons. The third kappa shape index (κ3) is 2.26. The lowest BCUT2D eigenvalue weighted by Crippen LogP contribution is -1.91. The molecular weight excluding hydrogens is 342 g/mol. The molecule has 3 aromatic carbocycles. The molecule has 0 spiro atoms. The standard InChI is InChI=1S/C25H15N3/c1-2-6-20-16(4-1)7-8-18-11-13-21(27-23(18)20)22-14-12-19-10-9-17-5-3-15-26-24(17)25(19)28-22/h1-15H. The molecule has 3 nitrogen and oxygen atoms in total. The van der Waals surface area contributed by atoms with Gasteiger partial charge in [0.25, 0.3) is 0 Å². The van der Waals surface area contributed by atoms with Crippen molar-refractivity contribution in [3.05, 3.63) is 91.1 Å². The Morgan fingerprint density at radius 3 is 1.82 bits per heavy atom. The van der Waals surface area contributed by atoms with E-state index in [1.807, 2.05) is 24.4 Å². The Hall–Kier alpha value is -3.85. The summed E-state index contributed by atoms with van der Waals surface area (Å²) in [4.78, 5) is 14.5. The van der Waals surface area contributed by atoms with Gasteiger partial charge in [0.1, 0.15) is 0 Å². The molecule has 0 saturated heterocycles. The lowest BCUT2D eigenvalue weighted by Gasteiger charge is -2.08. The summed E-state index contributed by atoms with van der Waals surface area (Å²) in [5.41, 5.74) is 4.58. The van der Waals surface area contributed by atoms with Gasteiger partial charge in [-0.15, -0.1) is 0 Å². The highest BCUT2D eigenvalue weighted by Gasteiger charge is 2.09. The van der Waals surface area contributed by atoms with Crippen molar-refractivity contribution in [3.63, 3.8) is 0 Å². The van der Waals surface area contributed by atoms with Gasteiger partial charge in [-0.25, -0.2) is 9.97 Å². The minimum atomic E-state index is 0.862. The molecule has 0 atom stereocenters. The van der Waals surface area contributed by atoms with E-state index in [9.17, 15) is 0 Å². The second-order valence-electron chi connectivity index (χ2n) is 6.96. The van der Waals surface area contributed by atoms with Crippen LogP contribution >= 0.6 is 0 Å². The van der Waals surface area contributed by atoms with Crippen molar-refractivity contribution in [1.82, 2.24) is 15.0 Å². The first-order chi connectivity index (χ1) is 13.9. The maximum absolute atomic E-state index is 4.98. The second-order valence-corrected chi connectivity index (χ2v) is 6.96. The molecule has 0 saturated carbocycles. The smallest absolute Gasteiger partial charge is 0.0972 e. The minimum Gasteiger partial charge on any atom is -0.254 e. The molecular formula is C25H15N3. The van der Waals surface area contributed by atoms with E-state index in [-0.39, 0.29) is 0 Å². The number of benzene rings is 3. The van der Waals surface area contributed by atoms with Gasteiger partial charge < -0.3 is 0 Å². The predicted octanol–water partition coefficient (Wildman–Crippen LogP) is 6.15. The summed E-state index contributed by atoms with van der Waals surface area (Å²) in [6.07, 6.45) is 1.82. The van der Waals surface area contributed by atoms with Crippen LogP contribution in [0.3, 0.4) is 0 Å². The Balaban J connectivity index is 1.63. The number of rotatable bonds is 1. The lowest BCUT2D eigenvalue weighted by atomic mass is 10.1. The normalized spacial score (nSPS) is 11.6. The van der Waals surface area contributed by atoms with Gasteiger partial charge in [-0.2, -0.15) is 0 Å². The van der Waals surface area contributed by atoms with E-state index in [1.165, 1.54) is 5.39 Å². The van der Waals surface area contributed by atoms with E-state index < -0.39 is 0 Å². The van der Waals surface area contributed by atoms with Crippen LogP contribution in [0.2, 0.25) is 0 Å². The third-order valence-electron chi connectivity index (χ3n) is 5.28. The minimum absolute atomic E-state index is 0.862. The molecule has 0 fully saturated rings. The SMILES string of the molecule is c1ccc2c(c1)ccc1ccc(-c3ccc4ccc5cccnc5c4n3)nc12. The highest BCUT2D eigenvalue weighted by Crippen LogP contribution is 2.28. The van der Waals surface area contributed by atoms with Crippen molar-refractivity contribution in [3.8, 4) is 11.4 Å². The lowest BCUT2D eigenvalue weighted by molar-refractivity contribution is 1.32. The number of aromatic nitrogens is 3. The van der Waals surface area contributed by atoms with E-state index in [4.69, 9.17) is 9.97 Å².